The number of nitrogens with one attached hydrogen (secondary N) is 3. The van der Waals surface area contributed by atoms with E-state index in [1.807, 2.05) is 42.5 Å². The third-order valence-corrected chi connectivity index (χ3v) is 6.76. The highest BCUT2D eigenvalue weighted by Gasteiger charge is 2.23. The number of aromatic nitrogens is 3. The van der Waals surface area contributed by atoms with Gasteiger partial charge in [-0.05, 0) is 37.1 Å². The highest BCUT2D eigenvalue weighted by atomic mass is 32.2. The normalized spacial score (nSPS) is 13.7. The lowest BCUT2D eigenvalue weighted by Gasteiger charge is -2.25. The Kier molecular flexibility index (Phi) is 8.61. The quantitative estimate of drug-likeness (QED) is 0.365. The van der Waals surface area contributed by atoms with E-state index in [1.54, 1.807) is 19.2 Å². The van der Waals surface area contributed by atoms with Gasteiger partial charge in [0.2, 0.25) is 5.91 Å². The summed E-state index contributed by atoms with van der Waals surface area (Å²) in [5, 5.41) is 17.9. The second kappa shape index (κ2) is 12.3. The number of para-hydroxylation sites is 1. The smallest absolute Gasteiger partial charge is 0.325 e. The first-order chi connectivity index (χ1) is 17.1. The molecule has 1 aliphatic carbocycles. The topological polar surface area (TPSA) is 110 Å². The number of hydrogen-bond donors (Lipinski definition) is 3. The van der Waals surface area contributed by atoms with E-state index < -0.39 is 11.9 Å². The van der Waals surface area contributed by atoms with Crippen molar-refractivity contribution in [3.63, 3.8) is 0 Å². The zero-order valence-electron chi connectivity index (χ0n) is 19.7. The molecule has 0 bridgehead atoms. The van der Waals surface area contributed by atoms with Gasteiger partial charge in [-0.2, -0.15) is 0 Å². The summed E-state index contributed by atoms with van der Waals surface area (Å²) in [5.74, 6) is 1.28. The largest absolute Gasteiger partial charge is 0.497 e. The molecule has 1 fully saturated rings. The van der Waals surface area contributed by atoms with Gasteiger partial charge in [-0.25, -0.2) is 4.79 Å². The Labute approximate surface area is 209 Å². The maximum absolute atomic E-state index is 12.4. The summed E-state index contributed by atoms with van der Waals surface area (Å²) in [6, 6.07) is 16.5. The Morgan fingerprint density at radius 1 is 1.03 bits per heavy atom. The molecule has 0 spiro atoms. The van der Waals surface area contributed by atoms with Crippen LogP contribution in [0.4, 0.5) is 16.2 Å². The van der Waals surface area contributed by atoms with Crippen LogP contribution in [-0.4, -0.2) is 39.6 Å². The number of methoxy groups -OCH3 is 1. The Morgan fingerprint density at radius 2 is 1.80 bits per heavy atom. The van der Waals surface area contributed by atoms with E-state index in [0.717, 1.165) is 42.9 Å². The lowest BCUT2D eigenvalue weighted by atomic mass is 9.95. The van der Waals surface area contributed by atoms with Gasteiger partial charge in [0.15, 0.2) is 11.0 Å². The minimum Gasteiger partial charge on any atom is -0.497 e. The number of imide groups is 1. The predicted molar refractivity (Wildman–Crippen MR) is 137 cm³/mol. The first kappa shape index (κ1) is 24.6. The summed E-state index contributed by atoms with van der Waals surface area (Å²) in [4.78, 5) is 24.5. The van der Waals surface area contributed by atoms with Crippen molar-refractivity contribution >= 4 is 35.1 Å². The lowest BCUT2D eigenvalue weighted by Crippen LogP contribution is -2.35. The van der Waals surface area contributed by atoms with Crippen LogP contribution in [0.25, 0.3) is 0 Å². The SMILES string of the molecule is COc1cccc(NCc2nnc(SCC(=O)NC(=O)Nc3ccccc3)n2C2CCCCC2)c1. The molecule has 4 rings (SSSR count). The van der Waals surface area contributed by atoms with Crippen molar-refractivity contribution in [2.24, 2.45) is 0 Å². The average molecular weight is 495 g/mol. The van der Waals surface area contributed by atoms with E-state index >= 15 is 0 Å². The van der Waals surface area contributed by atoms with Crippen molar-refractivity contribution in [1.29, 1.82) is 0 Å². The van der Waals surface area contributed by atoms with Gasteiger partial charge in [0.25, 0.3) is 0 Å². The number of amides is 3. The number of thioether (sulfide) groups is 1. The summed E-state index contributed by atoms with van der Waals surface area (Å²) >= 11 is 1.30. The van der Waals surface area contributed by atoms with Crippen LogP contribution in [0, 0.1) is 0 Å². The fourth-order valence-electron chi connectivity index (χ4n) is 4.12. The molecule has 1 aliphatic rings. The molecule has 9 nitrogen and oxygen atoms in total. The molecule has 0 unspecified atom stereocenters. The van der Waals surface area contributed by atoms with Crippen molar-refractivity contribution in [3.8, 4) is 5.75 Å². The first-order valence-corrected chi connectivity index (χ1v) is 12.7. The second-order valence-corrected chi connectivity index (χ2v) is 9.25. The fraction of sp³-hybridized carbons (Fsp3) is 0.360. The minimum absolute atomic E-state index is 0.0658. The van der Waals surface area contributed by atoms with Gasteiger partial charge in [0.05, 0.1) is 19.4 Å². The molecule has 0 aliphatic heterocycles. The monoisotopic (exact) mass is 494 g/mol. The van der Waals surface area contributed by atoms with Gasteiger partial charge in [0.1, 0.15) is 5.75 Å². The van der Waals surface area contributed by atoms with Crippen LogP contribution in [0.2, 0.25) is 0 Å². The van der Waals surface area contributed by atoms with Gasteiger partial charge in [0, 0.05) is 23.5 Å². The maximum atomic E-state index is 12.4. The number of rotatable bonds is 9. The molecule has 3 N–H and O–H groups in total. The lowest BCUT2D eigenvalue weighted by molar-refractivity contribution is -0.117. The van der Waals surface area contributed by atoms with Crippen LogP contribution in [0.1, 0.15) is 44.0 Å². The molecule has 1 saturated carbocycles. The van der Waals surface area contributed by atoms with Crippen molar-refractivity contribution < 1.29 is 14.3 Å². The number of carbonyl (C=O) groups excluding carboxylic acids is 2. The molecule has 0 saturated heterocycles. The third-order valence-electron chi connectivity index (χ3n) is 5.81. The van der Waals surface area contributed by atoms with Crippen molar-refractivity contribution in [1.82, 2.24) is 20.1 Å². The van der Waals surface area contributed by atoms with E-state index in [1.165, 1.54) is 18.2 Å². The molecule has 0 radical (unpaired) electrons. The number of carbonyl (C=O) groups is 2. The second-order valence-electron chi connectivity index (χ2n) is 8.30. The van der Waals surface area contributed by atoms with Gasteiger partial charge in [-0.1, -0.05) is 55.3 Å². The Balaban J connectivity index is 1.39. The Morgan fingerprint density at radius 3 is 2.57 bits per heavy atom. The van der Waals surface area contributed by atoms with Crippen molar-refractivity contribution in [3.05, 3.63) is 60.4 Å². The number of nitrogens with zero attached hydrogens (tertiary/aromatic N) is 3. The molecule has 1 heterocycles. The molecule has 2 aromatic carbocycles. The predicted octanol–water partition coefficient (Wildman–Crippen LogP) is 4.84. The summed E-state index contributed by atoms with van der Waals surface area (Å²) in [6.45, 7) is 0.503. The molecule has 184 valence electrons. The summed E-state index contributed by atoms with van der Waals surface area (Å²) < 4.78 is 7.46. The van der Waals surface area contributed by atoms with Crippen LogP contribution in [0.3, 0.4) is 0 Å². The summed E-state index contributed by atoms with van der Waals surface area (Å²) in [5.41, 5.74) is 1.55. The summed E-state index contributed by atoms with van der Waals surface area (Å²) in [7, 11) is 1.64. The standard InChI is InChI=1S/C25H30N6O3S/c1-34-21-14-8-11-19(15-21)26-16-22-29-30-25(31(22)20-12-6-3-7-13-20)35-17-23(32)28-24(33)27-18-9-4-2-5-10-18/h2,4-5,8-11,14-15,20,26H,3,6-7,12-13,16-17H2,1H3,(H2,27,28,32,33). The molecule has 10 heteroatoms. The van der Waals surface area contributed by atoms with Crippen LogP contribution in [0.5, 0.6) is 5.75 Å². The fourth-order valence-corrected chi connectivity index (χ4v) is 4.95. The molecule has 3 amide bonds. The molecule has 0 atom stereocenters. The molecular weight excluding hydrogens is 464 g/mol. The van der Waals surface area contributed by atoms with Gasteiger partial charge >= 0.3 is 6.03 Å². The van der Waals surface area contributed by atoms with Crippen LogP contribution in [-0.2, 0) is 11.3 Å². The summed E-state index contributed by atoms with van der Waals surface area (Å²) in [6.07, 6.45) is 5.68. The minimum atomic E-state index is -0.557. The van der Waals surface area contributed by atoms with Crippen LogP contribution < -0.4 is 20.7 Å². The first-order valence-electron chi connectivity index (χ1n) is 11.7. The number of urea groups is 1. The van der Waals surface area contributed by atoms with E-state index in [2.05, 4.69) is 30.7 Å². The van der Waals surface area contributed by atoms with Gasteiger partial charge in [-0.15, -0.1) is 10.2 Å². The zero-order chi connectivity index (χ0) is 24.5. The highest BCUT2D eigenvalue weighted by Crippen LogP contribution is 2.33. The van der Waals surface area contributed by atoms with E-state index in [-0.39, 0.29) is 5.75 Å². The van der Waals surface area contributed by atoms with Crippen LogP contribution >= 0.6 is 11.8 Å². The molecule has 35 heavy (non-hydrogen) atoms. The van der Waals surface area contributed by atoms with Crippen molar-refractivity contribution in [2.75, 3.05) is 23.5 Å². The Bertz CT molecular complexity index is 1130. The molecule has 3 aromatic rings. The molecule has 1 aromatic heterocycles. The number of ether oxygens (including phenoxy) is 1. The van der Waals surface area contributed by atoms with E-state index in [0.29, 0.717) is 23.4 Å². The maximum Gasteiger partial charge on any atom is 0.325 e. The van der Waals surface area contributed by atoms with Gasteiger partial charge in [-0.3, -0.25) is 10.1 Å². The van der Waals surface area contributed by atoms with E-state index in [4.69, 9.17) is 4.74 Å². The Hall–Kier alpha value is -3.53. The van der Waals surface area contributed by atoms with Gasteiger partial charge < -0.3 is 19.9 Å². The zero-order valence-corrected chi connectivity index (χ0v) is 20.5. The average Bonchev–Trinajstić information content (AvgIpc) is 3.30. The van der Waals surface area contributed by atoms with Crippen LogP contribution in [0.15, 0.2) is 59.8 Å². The third kappa shape index (κ3) is 6.98. The number of anilines is 2. The number of benzene rings is 2. The number of hydrogen-bond acceptors (Lipinski definition) is 7. The molecular formula is C25H30N6O3S. The van der Waals surface area contributed by atoms with Crippen molar-refractivity contribution in [2.45, 2.75) is 49.8 Å². The van der Waals surface area contributed by atoms with E-state index in [9.17, 15) is 9.59 Å². The highest BCUT2D eigenvalue weighted by molar-refractivity contribution is 7.99.